The van der Waals surface area contributed by atoms with Gasteiger partial charge in [-0.15, -0.1) is 0 Å². The summed E-state index contributed by atoms with van der Waals surface area (Å²) in [6.07, 6.45) is 2.04. The van der Waals surface area contributed by atoms with Gasteiger partial charge in [-0.1, -0.05) is 42.5 Å². The molecular weight excluding hydrogens is 400 g/mol. The van der Waals surface area contributed by atoms with Crippen molar-refractivity contribution in [3.8, 4) is 28.1 Å². The minimum Gasteiger partial charge on any atom is -0.494 e. The van der Waals surface area contributed by atoms with Gasteiger partial charge in [-0.25, -0.2) is 9.50 Å². The first kappa shape index (κ1) is 20.5. The van der Waals surface area contributed by atoms with Gasteiger partial charge in [-0.2, -0.15) is 5.10 Å². The molecule has 1 aliphatic heterocycles. The molecule has 1 saturated heterocycles. The molecule has 6 nitrogen and oxygen atoms in total. The lowest BCUT2D eigenvalue weighted by molar-refractivity contribution is 0.266. The first-order valence-electron chi connectivity index (χ1n) is 11.3. The Labute approximate surface area is 188 Å². The Morgan fingerprint density at radius 1 is 1.06 bits per heavy atom. The summed E-state index contributed by atoms with van der Waals surface area (Å²) in [5, 5.41) is 14.8. The Balaban J connectivity index is 1.72. The zero-order chi connectivity index (χ0) is 22.1. The standard InChI is InChI=1S/C26H28N4O2/c1-3-32-22-13-11-20(12-14-22)25-18(2)28-30-23(19-8-5-4-6-9-19)16-24(27-26(25)30)29-15-7-10-21(29)17-31/h4-6,8-9,11-14,16,21,31H,3,7,10,15,17H2,1-2H3. The molecule has 0 bridgehead atoms. The van der Waals surface area contributed by atoms with Crippen LogP contribution in [0.1, 0.15) is 25.5 Å². The predicted octanol–water partition coefficient (Wildman–Crippen LogP) is 4.73. The molecule has 0 spiro atoms. The highest BCUT2D eigenvalue weighted by molar-refractivity contribution is 5.83. The first-order valence-corrected chi connectivity index (χ1v) is 11.3. The molecule has 0 radical (unpaired) electrons. The largest absolute Gasteiger partial charge is 0.494 e. The quantitative estimate of drug-likeness (QED) is 0.481. The number of hydrogen-bond acceptors (Lipinski definition) is 5. The van der Waals surface area contributed by atoms with Crippen LogP contribution >= 0.6 is 0 Å². The minimum atomic E-state index is 0.103. The molecule has 1 atom stereocenters. The van der Waals surface area contributed by atoms with Crippen LogP contribution in [0.25, 0.3) is 28.0 Å². The number of benzene rings is 2. The summed E-state index contributed by atoms with van der Waals surface area (Å²) in [6, 6.07) is 20.6. The summed E-state index contributed by atoms with van der Waals surface area (Å²) in [5.41, 5.74) is 5.91. The van der Waals surface area contributed by atoms with Gasteiger partial charge < -0.3 is 14.7 Å². The molecule has 0 saturated carbocycles. The summed E-state index contributed by atoms with van der Waals surface area (Å²) in [6.45, 7) is 5.69. The predicted molar refractivity (Wildman–Crippen MR) is 127 cm³/mol. The van der Waals surface area contributed by atoms with Crippen LogP contribution in [0.3, 0.4) is 0 Å². The SMILES string of the molecule is CCOc1ccc(-c2c(C)nn3c(-c4ccccc4)cc(N4CCCC4CO)nc23)cc1. The van der Waals surface area contributed by atoms with Gasteiger partial charge in [-0.3, -0.25) is 0 Å². The highest BCUT2D eigenvalue weighted by Gasteiger charge is 2.27. The molecule has 4 aromatic rings. The third-order valence-corrected chi connectivity index (χ3v) is 6.16. The Kier molecular flexibility index (Phi) is 5.53. The van der Waals surface area contributed by atoms with Crippen molar-refractivity contribution in [1.29, 1.82) is 0 Å². The molecule has 1 aliphatic rings. The second-order valence-electron chi connectivity index (χ2n) is 8.19. The molecule has 0 amide bonds. The van der Waals surface area contributed by atoms with Crippen molar-refractivity contribution < 1.29 is 9.84 Å². The first-order chi connectivity index (χ1) is 15.7. The van der Waals surface area contributed by atoms with Crippen LogP contribution in [0.2, 0.25) is 0 Å². The average Bonchev–Trinajstić information content (AvgIpc) is 3.43. The molecule has 32 heavy (non-hydrogen) atoms. The van der Waals surface area contributed by atoms with Gasteiger partial charge in [0.25, 0.3) is 0 Å². The number of aliphatic hydroxyl groups excluding tert-OH is 1. The zero-order valence-corrected chi connectivity index (χ0v) is 18.5. The van der Waals surface area contributed by atoms with Crippen molar-refractivity contribution >= 4 is 11.5 Å². The molecule has 1 fully saturated rings. The molecule has 0 aliphatic carbocycles. The monoisotopic (exact) mass is 428 g/mol. The summed E-state index contributed by atoms with van der Waals surface area (Å²) >= 11 is 0. The number of fused-ring (bicyclic) bond motifs is 1. The maximum Gasteiger partial charge on any atom is 0.166 e. The van der Waals surface area contributed by atoms with E-state index in [1.165, 1.54) is 0 Å². The number of anilines is 1. The fourth-order valence-electron chi connectivity index (χ4n) is 4.62. The van der Waals surface area contributed by atoms with E-state index in [0.29, 0.717) is 6.61 Å². The third-order valence-electron chi connectivity index (χ3n) is 6.16. The smallest absolute Gasteiger partial charge is 0.166 e. The van der Waals surface area contributed by atoms with Crippen molar-refractivity contribution in [3.63, 3.8) is 0 Å². The maximum atomic E-state index is 9.90. The number of hydrogen-bond donors (Lipinski definition) is 1. The van der Waals surface area contributed by atoms with Crippen molar-refractivity contribution in [2.75, 3.05) is 24.7 Å². The Morgan fingerprint density at radius 2 is 1.84 bits per heavy atom. The van der Waals surface area contributed by atoms with Gasteiger partial charge >= 0.3 is 0 Å². The normalized spacial score (nSPS) is 16.1. The Hall–Kier alpha value is -3.38. The number of aromatic nitrogens is 3. The van der Waals surface area contributed by atoms with E-state index in [0.717, 1.165) is 64.7 Å². The number of nitrogens with zero attached hydrogens (tertiary/aromatic N) is 4. The number of rotatable bonds is 6. The number of ether oxygens (including phenoxy) is 1. The third kappa shape index (κ3) is 3.60. The van der Waals surface area contributed by atoms with E-state index in [1.54, 1.807) is 0 Å². The van der Waals surface area contributed by atoms with E-state index < -0.39 is 0 Å². The molecular formula is C26H28N4O2. The summed E-state index contributed by atoms with van der Waals surface area (Å²) in [5.74, 6) is 1.74. The van der Waals surface area contributed by atoms with Crippen LogP contribution in [0.4, 0.5) is 5.82 Å². The molecule has 3 heterocycles. The van der Waals surface area contributed by atoms with Crippen LogP contribution in [0, 0.1) is 6.92 Å². The summed E-state index contributed by atoms with van der Waals surface area (Å²) in [7, 11) is 0. The summed E-state index contributed by atoms with van der Waals surface area (Å²) < 4.78 is 7.57. The van der Waals surface area contributed by atoms with Crippen LogP contribution in [0.15, 0.2) is 60.7 Å². The van der Waals surface area contributed by atoms with E-state index in [2.05, 4.69) is 35.2 Å². The van der Waals surface area contributed by atoms with Crippen molar-refractivity contribution in [2.24, 2.45) is 0 Å². The van der Waals surface area contributed by atoms with E-state index in [1.807, 2.05) is 48.7 Å². The second kappa shape index (κ2) is 8.63. The lowest BCUT2D eigenvalue weighted by Gasteiger charge is -2.25. The van der Waals surface area contributed by atoms with E-state index >= 15 is 0 Å². The molecule has 1 N–H and O–H groups in total. The van der Waals surface area contributed by atoms with E-state index in [4.69, 9.17) is 14.8 Å². The van der Waals surface area contributed by atoms with Crippen LogP contribution < -0.4 is 9.64 Å². The highest BCUT2D eigenvalue weighted by Crippen LogP contribution is 2.35. The van der Waals surface area contributed by atoms with Gasteiger partial charge in [-0.05, 0) is 44.4 Å². The molecule has 5 rings (SSSR count). The maximum absolute atomic E-state index is 9.90. The molecule has 164 valence electrons. The second-order valence-corrected chi connectivity index (χ2v) is 8.19. The molecule has 2 aromatic heterocycles. The van der Waals surface area contributed by atoms with Crippen molar-refractivity contribution in [1.82, 2.24) is 14.6 Å². The molecule has 2 aromatic carbocycles. The fourth-order valence-corrected chi connectivity index (χ4v) is 4.62. The fraction of sp³-hybridized carbons (Fsp3) is 0.308. The van der Waals surface area contributed by atoms with Gasteiger partial charge in [0, 0.05) is 23.7 Å². The van der Waals surface area contributed by atoms with Gasteiger partial charge in [0.2, 0.25) is 0 Å². The van der Waals surface area contributed by atoms with E-state index in [9.17, 15) is 5.11 Å². The average molecular weight is 429 g/mol. The highest BCUT2D eigenvalue weighted by atomic mass is 16.5. The lowest BCUT2D eigenvalue weighted by atomic mass is 10.1. The van der Waals surface area contributed by atoms with Crippen LogP contribution in [-0.4, -0.2) is 45.5 Å². The van der Waals surface area contributed by atoms with Gasteiger partial charge in [0.05, 0.1) is 30.6 Å². The summed E-state index contributed by atoms with van der Waals surface area (Å²) in [4.78, 5) is 7.31. The lowest BCUT2D eigenvalue weighted by Crippen LogP contribution is -2.32. The minimum absolute atomic E-state index is 0.103. The topological polar surface area (TPSA) is 62.9 Å². The Bertz CT molecular complexity index is 1220. The van der Waals surface area contributed by atoms with Crippen molar-refractivity contribution in [3.05, 3.63) is 66.4 Å². The number of aryl methyl sites for hydroxylation is 1. The number of aliphatic hydroxyl groups is 1. The Morgan fingerprint density at radius 3 is 2.56 bits per heavy atom. The van der Waals surface area contributed by atoms with Crippen LogP contribution in [-0.2, 0) is 0 Å². The molecule has 6 heteroatoms. The van der Waals surface area contributed by atoms with Gasteiger partial charge in [0.1, 0.15) is 11.6 Å². The van der Waals surface area contributed by atoms with Crippen molar-refractivity contribution in [2.45, 2.75) is 32.7 Å². The van der Waals surface area contributed by atoms with Crippen LogP contribution in [0.5, 0.6) is 5.75 Å². The molecule has 1 unspecified atom stereocenters. The van der Waals surface area contributed by atoms with Gasteiger partial charge in [0.15, 0.2) is 5.65 Å². The zero-order valence-electron chi connectivity index (χ0n) is 18.5. The van der Waals surface area contributed by atoms with E-state index in [-0.39, 0.29) is 12.6 Å².